The van der Waals surface area contributed by atoms with Crippen LogP contribution in [0.15, 0.2) is 53.4 Å². The molecule has 0 saturated carbocycles. The van der Waals surface area contributed by atoms with Gasteiger partial charge in [-0.25, -0.2) is 0 Å². The number of nitrogens with zero attached hydrogens (tertiary/aromatic N) is 2. The number of ether oxygens (including phenoxy) is 1. The van der Waals surface area contributed by atoms with Crippen molar-refractivity contribution in [3.8, 4) is 5.75 Å². The van der Waals surface area contributed by atoms with Crippen molar-refractivity contribution >= 4 is 28.1 Å². The van der Waals surface area contributed by atoms with E-state index >= 15 is 0 Å². The Balaban J connectivity index is 1.38. The van der Waals surface area contributed by atoms with Gasteiger partial charge < -0.3 is 14.7 Å². The van der Waals surface area contributed by atoms with E-state index in [4.69, 9.17) is 4.74 Å². The van der Waals surface area contributed by atoms with Gasteiger partial charge in [0.05, 0.1) is 18.5 Å². The van der Waals surface area contributed by atoms with Crippen LogP contribution in [-0.4, -0.2) is 46.2 Å². The number of aliphatic hydroxyl groups is 1. The summed E-state index contributed by atoms with van der Waals surface area (Å²) >= 11 is 1.59. The summed E-state index contributed by atoms with van der Waals surface area (Å²) in [5.74, 6) is 0.769. The molecule has 4 rings (SSSR count). The highest BCUT2D eigenvalue weighted by molar-refractivity contribution is 7.08. The monoisotopic (exact) mass is 368 g/mol. The maximum absolute atomic E-state index is 12.4. The average Bonchev–Trinajstić information content (AvgIpc) is 3.16. The molecule has 2 atom stereocenters. The number of thiophene rings is 1. The molecule has 2 aromatic heterocycles. The van der Waals surface area contributed by atoms with Crippen LogP contribution >= 0.6 is 11.3 Å². The molecule has 1 amide bonds. The zero-order valence-electron chi connectivity index (χ0n) is 14.2. The maximum atomic E-state index is 12.4. The molecule has 0 unspecified atom stereocenters. The minimum atomic E-state index is -0.695. The molecular formula is C20H20N2O3S. The van der Waals surface area contributed by atoms with Gasteiger partial charge in [-0.2, -0.15) is 11.3 Å². The summed E-state index contributed by atoms with van der Waals surface area (Å²) < 4.78 is 6.00. The van der Waals surface area contributed by atoms with Crippen LogP contribution < -0.4 is 4.74 Å². The minimum Gasteiger partial charge on any atom is -0.488 e. The fraction of sp³-hybridized carbons (Fsp3) is 0.300. The third kappa shape index (κ3) is 3.71. The topological polar surface area (TPSA) is 62.7 Å². The predicted molar refractivity (Wildman–Crippen MR) is 101 cm³/mol. The summed E-state index contributed by atoms with van der Waals surface area (Å²) in [4.78, 5) is 18.4. The predicted octanol–water partition coefficient (Wildman–Crippen LogP) is 2.88. The van der Waals surface area contributed by atoms with Crippen molar-refractivity contribution in [1.29, 1.82) is 0 Å². The Labute approximate surface area is 155 Å². The van der Waals surface area contributed by atoms with Gasteiger partial charge in [0.1, 0.15) is 18.0 Å². The first-order chi connectivity index (χ1) is 12.7. The number of carbonyl (C=O) groups is 1. The number of aromatic nitrogens is 1. The Bertz CT molecular complexity index is 897. The molecule has 0 aliphatic carbocycles. The van der Waals surface area contributed by atoms with Crippen molar-refractivity contribution < 1.29 is 14.6 Å². The van der Waals surface area contributed by atoms with Gasteiger partial charge in [-0.3, -0.25) is 9.78 Å². The number of piperidine rings is 1. The maximum Gasteiger partial charge on any atom is 0.227 e. The normalized spacial score (nSPS) is 20.3. The Kier molecular flexibility index (Phi) is 4.86. The van der Waals surface area contributed by atoms with E-state index in [0.29, 0.717) is 31.7 Å². The lowest BCUT2D eigenvalue weighted by atomic mass is 10.0. The number of likely N-dealkylation sites (tertiary alicyclic amines) is 1. The lowest BCUT2D eigenvalue weighted by Crippen LogP contribution is -2.51. The van der Waals surface area contributed by atoms with Gasteiger partial charge in [-0.1, -0.05) is 6.07 Å². The van der Waals surface area contributed by atoms with Crippen molar-refractivity contribution in [2.45, 2.75) is 25.0 Å². The van der Waals surface area contributed by atoms with Crippen LogP contribution in [0.1, 0.15) is 12.0 Å². The first-order valence-corrected chi connectivity index (χ1v) is 9.62. The largest absolute Gasteiger partial charge is 0.488 e. The lowest BCUT2D eigenvalue weighted by molar-refractivity contribution is -0.136. The Morgan fingerprint density at radius 2 is 2.27 bits per heavy atom. The van der Waals surface area contributed by atoms with Crippen molar-refractivity contribution in [2.24, 2.45) is 0 Å². The summed E-state index contributed by atoms with van der Waals surface area (Å²) in [5, 5.41) is 15.4. The molecule has 3 aromatic rings. The van der Waals surface area contributed by atoms with E-state index in [2.05, 4.69) is 4.98 Å². The Morgan fingerprint density at radius 3 is 3.08 bits per heavy atom. The van der Waals surface area contributed by atoms with E-state index in [-0.39, 0.29) is 12.0 Å². The lowest BCUT2D eigenvalue weighted by Gasteiger charge is -2.36. The molecular weight excluding hydrogens is 348 g/mol. The van der Waals surface area contributed by atoms with Crippen LogP contribution in [0.3, 0.4) is 0 Å². The fourth-order valence-corrected chi connectivity index (χ4v) is 3.92. The molecule has 0 bridgehead atoms. The smallest absolute Gasteiger partial charge is 0.227 e. The highest BCUT2D eigenvalue weighted by atomic mass is 32.1. The summed E-state index contributed by atoms with van der Waals surface area (Å²) in [7, 11) is 0. The molecule has 1 fully saturated rings. The van der Waals surface area contributed by atoms with Crippen LogP contribution in [0.25, 0.3) is 10.9 Å². The van der Waals surface area contributed by atoms with Crippen LogP contribution in [0.5, 0.6) is 5.75 Å². The molecule has 1 aromatic carbocycles. The molecule has 5 nitrogen and oxygen atoms in total. The van der Waals surface area contributed by atoms with Crippen molar-refractivity contribution in [3.63, 3.8) is 0 Å². The van der Waals surface area contributed by atoms with Crippen LogP contribution in [0, 0.1) is 0 Å². The van der Waals surface area contributed by atoms with Crippen LogP contribution in [0.2, 0.25) is 0 Å². The van der Waals surface area contributed by atoms with E-state index in [0.717, 1.165) is 16.5 Å². The van der Waals surface area contributed by atoms with Gasteiger partial charge in [0, 0.05) is 24.5 Å². The molecule has 1 aliphatic heterocycles. The molecule has 1 saturated heterocycles. The zero-order valence-corrected chi connectivity index (χ0v) is 15.1. The second-order valence-electron chi connectivity index (χ2n) is 6.52. The first-order valence-electron chi connectivity index (χ1n) is 8.67. The van der Waals surface area contributed by atoms with Crippen molar-refractivity contribution in [2.75, 3.05) is 13.1 Å². The number of hydrogen-bond donors (Lipinski definition) is 1. The van der Waals surface area contributed by atoms with Gasteiger partial charge in [0.25, 0.3) is 0 Å². The minimum absolute atomic E-state index is 0.0534. The van der Waals surface area contributed by atoms with E-state index in [1.807, 2.05) is 47.2 Å². The number of aliphatic hydroxyl groups excluding tert-OH is 1. The molecule has 134 valence electrons. The summed E-state index contributed by atoms with van der Waals surface area (Å²) in [6, 6.07) is 11.6. The second kappa shape index (κ2) is 7.43. The highest BCUT2D eigenvalue weighted by Crippen LogP contribution is 2.23. The van der Waals surface area contributed by atoms with Crippen molar-refractivity contribution in [3.05, 3.63) is 58.9 Å². The highest BCUT2D eigenvalue weighted by Gasteiger charge is 2.31. The summed E-state index contributed by atoms with van der Waals surface area (Å²) in [6.07, 6.45) is 1.75. The SMILES string of the molecule is O=C(Cc1ccsc1)N1CC[C@@H](Oc2ccc3ncccc3c2)[C@H](O)C1. The van der Waals surface area contributed by atoms with E-state index in [9.17, 15) is 9.90 Å². The molecule has 6 heteroatoms. The Morgan fingerprint density at radius 1 is 1.35 bits per heavy atom. The molecule has 3 heterocycles. The number of fused-ring (bicyclic) bond motifs is 1. The number of amides is 1. The standard InChI is InChI=1S/C20H20N2O3S/c23-18-12-22(20(24)10-14-6-9-26-13-14)8-5-19(18)25-16-3-4-17-15(11-16)2-1-7-21-17/h1-4,6-7,9,11,13,18-19,23H,5,8,10,12H2/t18-,19-/m1/s1. The molecule has 26 heavy (non-hydrogen) atoms. The van der Waals surface area contributed by atoms with E-state index < -0.39 is 6.10 Å². The molecule has 0 radical (unpaired) electrons. The first kappa shape index (κ1) is 17.0. The van der Waals surface area contributed by atoms with Gasteiger partial charge in [-0.15, -0.1) is 0 Å². The van der Waals surface area contributed by atoms with Gasteiger partial charge in [-0.05, 0) is 46.7 Å². The molecule has 0 spiro atoms. The van der Waals surface area contributed by atoms with Crippen LogP contribution in [0.4, 0.5) is 0 Å². The fourth-order valence-electron chi connectivity index (χ4n) is 3.26. The van der Waals surface area contributed by atoms with E-state index in [1.54, 1.807) is 22.4 Å². The number of benzene rings is 1. The quantitative estimate of drug-likeness (QED) is 0.769. The van der Waals surface area contributed by atoms with Crippen LogP contribution in [-0.2, 0) is 11.2 Å². The molecule has 1 N–H and O–H groups in total. The number of carbonyl (C=O) groups excluding carboxylic acids is 1. The van der Waals surface area contributed by atoms with E-state index in [1.165, 1.54) is 0 Å². The number of β-amino-alcohol motifs (C(OH)–C–C–N with tert-alkyl or cyclic N) is 1. The Hall–Kier alpha value is -2.44. The third-order valence-corrected chi connectivity index (χ3v) is 5.40. The third-order valence-electron chi connectivity index (χ3n) is 4.67. The summed E-state index contributed by atoms with van der Waals surface area (Å²) in [5.41, 5.74) is 1.94. The number of hydrogen-bond acceptors (Lipinski definition) is 5. The van der Waals surface area contributed by atoms with Gasteiger partial charge in [0.2, 0.25) is 5.91 Å². The molecule has 1 aliphatic rings. The van der Waals surface area contributed by atoms with Gasteiger partial charge >= 0.3 is 0 Å². The second-order valence-corrected chi connectivity index (χ2v) is 7.30. The zero-order chi connectivity index (χ0) is 17.9. The average molecular weight is 368 g/mol. The summed E-state index contributed by atoms with van der Waals surface area (Å²) in [6.45, 7) is 0.905. The van der Waals surface area contributed by atoms with Gasteiger partial charge in [0.15, 0.2) is 0 Å². The van der Waals surface area contributed by atoms with Crippen molar-refractivity contribution in [1.82, 2.24) is 9.88 Å². The number of pyridine rings is 1. The number of rotatable bonds is 4.